The number of ether oxygens (including phenoxy) is 1. The molecule has 1 N–H and O–H groups in total. The molecule has 0 aliphatic carbocycles. The lowest BCUT2D eigenvalue weighted by molar-refractivity contribution is 0.0999. The zero-order valence-electron chi connectivity index (χ0n) is 11.6. The molecule has 0 amide bonds. The smallest absolute Gasteiger partial charge is 0.0593 e. The Morgan fingerprint density at radius 3 is 2.56 bits per heavy atom. The van der Waals surface area contributed by atoms with Gasteiger partial charge < -0.3 is 10.1 Å². The Bertz CT molecular complexity index is 142. The second kappa shape index (κ2) is 11.4. The van der Waals surface area contributed by atoms with Crippen molar-refractivity contribution >= 4 is 0 Å². The van der Waals surface area contributed by atoms with Gasteiger partial charge in [-0.3, -0.25) is 4.90 Å². The van der Waals surface area contributed by atoms with E-state index < -0.39 is 0 Å². The van der Waals surface area contributed by atoms with E-state index in [1.807, 2.05) is 6.92 Å². The fourth-order valence-corrected chi connectivity index (χ4v) is 1.76. The molecule has 1 atom stereocenters. The molecular weight excluding hydrogens is 200 g/mol. The Morgan fingerprint density at radius 1 is 1.25 bits per heavy atom. The Balaban J connectivity index is 3.60. The third kappa shape index (κ3) is 8.08. The molecule has 0 aliphatic heterocycles. The predicted molar refractivity (Wildman–Crippen MR) is 71.0 cm³/mol. The lowest BCUT2D eigenvalue weighted by atomic mass is 10.2. The number of hydrogen-bond acceptors (Lipinski definition) is 3. The van der Waals surface area contributed by atoms with E-state index in [1.165, 1.54) is 12.8 Å². The quantitative estimate of drug-likeness (QED) is 0.550. The van der Waals surface area contributed by atoms with Crippen molar-refractivity contribution in [2.45, 2.75) is 46.6 Å². The Kier molecular flexibility index (Phi) is 11.3. The van der Waals surface area contributed by atoms with Gasteiger partial charge in [-0.2, -0.15) is 0 Å². The summed E-state index contributed by atoms with van der Waals surface area (Å²) in [7, 11) is 0. The van der Waals surface area contributed by atoms with Crippen LogP contribution in [0, 0.1) is 0 Å². The minimum atomic E-state index is 0.599. The number of nitrogens with one attached hydrogen (secondary N) is 1. The molecule has 0 aromatic rings. The summed E-state index contributed by atoms with van der Waals surface area (Å²) in [5.74, 6) is 0. The van der Waals surface area contributed by atoms with Gasteiger partial charge in [0.1, 0.15) is 0 Å². The summed E-state index contributed by atoms with van der Waals surface area (Å²) >= 11 is 0. The highest BCUT2D eigenvalue weighted by Gasteiger charge is 2.10. The van der Waals surface area contributed by atoms with Crippen molar-refractivity contribution in [1.82, 2.24) is 10.2 Å². The summed E-state index contributed by atoms with van der Waals surface area (Å²) in [5, 5.41) is 3.51. The SMILES string of the molecule is CCCCNCC(C)N(CC)CCOCC. The zero-order chi connectivity index (χ0) is 12.2. The van der Waals surface area contributed by atoms with E-state index in [0.29, 0.717) is 6.04 Å². The molecule has 0 fully saturated rings. The average Bonchev–Trinajstić information content (AvgIpc) is 2.30. The van der Waals surface area contributed by atoms with E-state index >= 15 is 0 Å². The van der Waals surface area contributed by atoms with Gasteiger partial charge in [0.05, 0.1) is 6.61 Å². The van der Waals surface area contributed by atoms with Gasteiger partial charge in [0.25, 0.3) is 0 Å². The van der Waals surface area contributed by atoms with Crippen LogP contribution in [0.2, 0.25) is 0 Å². The van der Waals surface area contributed by atoms with E-state index in [2.05, 4.69) is 31.0 Å². The molecule has 1 unspecified atom stereocenters. The largest absolute Gasteiger partial charge is 0.380 e. The standard InChI is InChI=1S/C13H30N2O/c1-5-8-9-14-12-13(4)15(6-2)10-11-16-7-3/h13-14H,5-12H2,1-4H3. The van der Waals surface area contributed by atoms with Crippen LogP contribution in [-0.2, 0) is 4.74 Å². The number of hydrogen-bond donors (Lipinski definition) is 1. The first-order chi connectivity index (χ1) is 7.76. The molecule has 0 saturated heterocycles. The molecule has 98 valence electrons. The minimum absolute atomic E-state index is 0.599. The van der Waals surface area contributed by atoms with Crippen LogP contribution in [0.5, 0.6) is 0 Å². The van der Waals surface area contributed by atoms with Crippen molar-refractivity contribution in [3.05, 3.63) is 0 Å². The van der Waals surface area contributed by atoms with Crippen LogP contribution in [0.3, 0.4) is 0 Å². The summed E-state index contributed by atoms with van der Waals surface area (Å²) in [5.41, 5.74) is 0. The fourth-order valence-electron chi connectivity index (χ4n) is 1.76. The van der Waals surface area contributed by atoms with Crippen LogP contribution in [-0.4, -0.2) is 50.3 Å². The second-order valence-corrected chi connectivity index (χ2v) is 4.23. The summed E-state index contributed by atoms with van der Waals surface area (Å²) < 4.78 is 5.40. The topological polar surface area (TPSA) is 24.5 Å². The summed E-state index contributed by atoms with van der Waals surface area (Å²) in [6.07, 6.45) is 2.54. The van der Waals surface area contributed by atoms with Crippen molar-refractivity contribution in [3.63, 3.8) is 0 Å². The van der Waals surface area contributed by atoms with Crippen molar-refractivity contribution in [1.29, 1.82) is 0 Å². The first-order valence-electron chi connectivity index (χ1n) is 6.78. The van der Waals surface area contributed by atoms with Gasteiger partial charge in [0, 0.05) is 25.7 Å². The van der Waals surface area contributed by atoms with Crippen LogP contribution < -0.4 is 5.32 Å². The average molecular weight is 230 g/mol. The molecule has 0 aromatic heterocycles. The maximum absolute atomic E-state index is 5.40. The Labute approximate surface area is 102 Å². The first kappa shape index (κ1) is 15.9. The van der Waals surface area contributed by atoms with Crippen LogP contribution in [0.25, 0.3) is 0 Å². The van der Waals surface area contributed by atoms with Gasteiger partial charge in [-0.25, -0.2) is 0 Å². The van der Waals surface area contributed by atoms with Crippen LogP contribution in [0.15, 0.2) is 0 Å². The van der Waals surface area contributed by atoms with E-state index in [4.69, 9.17) is 4.74 Å². The highest BCUT2D eigenvalue weighted by atomic mass is 16.5. The molecule has 0 heterocycles. The number of nitrogens with zero attached hydrogens (tertiary/aromatic N) is 1. The van der Waals surface area contributed by atoms with Gasteiger partial charge >= 0.3 is 0 Å². The number of likely N-dealkylation sites (N-methyl/N-ethyl adjacent to an activating group) is 1. The second-order valence-electron chi connectivity index (χ2n) is 4.23. The van der Waals surface area contributed by atoms with Gasteiger partial charge in [-0.15, -0.1) is 0 Å². The molecule has 0 spiro atoms. The van der Waals surface area contributed by atoms with E-state index in [0.717, 1.165) is 39.4 Å². The molecule has 0 aliphatic rings. The van der Waals surface area contributed by atoms with E-state index in [1.54, 1.807) is 0 Å². The van der Waals surface area contributed by atoms with Crippen LogP contribution in [0.1, 0.15) is 40.5 Å². The highest BCUT2D eigenvalue weighted by molar-refractivity contribution is 4.68. The number of unbranched alkanes of at least 4 members (excludes halogenated alkanes) is 1. The molecule has 0 saturated carbocycles. The summed E-state index contributed by atoms with van der Waals surface area (Å²) in [6.45, 7) is 14.8. The van der Waals surface area contributed by atoms with Gasteiger partial charge in [0.2, 0.25) is 0 Å². The third-order valence-electron chi connectivity index (χ3n) is 2.90. The molecule has 0 aromatic carbocycles. The van der Waals surface area contributed by atoms with Crippen LogP contribution >= 0.6 is 0 Å². The minimum Gasteiger partial charge on any atom is -0.380 e. The van der Waals surface area contributed by atoms with Gasteiger partial charge in [-0.1, -0.05) is 20.3 Å². The molecule has 0 rings (SSSR count). The molecule has 3 nitrogen and oxygen atoms in total. The Morgan fingerprint density at radius 2 is 2.00 bits per heavy atom. The Hall–Kier alpha value is -0.120. The van der Waals surface area contributed by atoms with Gasteiger partial charge in [-0.05, 0) is 33.4 Å². The van der Waals surface area contributed by atoms with Crippen molar-refractivity contribution in [2.24, 2.45) is 0 Å². The molecule has 3 heteroatoms. The fraction of sp³-hybridized carbons (Fsp3) is 1.00. The molecular formula is C13H30N2O. The highest BCUT2D eigenvalue weighted by Crippen LogP contribution is 1.97. The van der Waals surface area contributed by atoms with Crippen LogP contribution in [0.4, 0.5) is 0 Å². The van der Waals surface area contributed by atoms with Crippen molar-refractivity contribution in [2.75, 3.05) is 39.4 Å². The predicted octanol–water partition coefficient (Wildman–Crippen LogP) is 2.12. The maximum atomic E-state index is 5.40. The lowest BCUT2D eigenvalue weighted by Gasteiger charge is -2.27. The zero-order valence-corrected chi connectivity index (χ0v) is 11.6. The first-order valence-corrected chi connectivity index (χ1v) is 6.78. The van der Waals surface area contributed by atoms with E-state index in [-0.39, 0.29) is 0 Å². The monoisotopic (exact) mass is 230 g/mol. The van der Waals surface area contributed by atoms with Crippen molar-refractivity contribution < 1.29 is 4.74 Å². The molecule has 0 radical (unpaired) electrons. The normalized spacial score (nSPS) is 13.3. The maximum Gasteiger partial charge on any atom is 0.0593 e. The molecule has 0 bridgehead atoms. The molecule has 16 heavy (non-hydrogen) atoms. The van der Waals surface area contributed by atoms with Crippen molar-refractivity contribution in [3.8, 4) is 0 Å². The summed E-state index contributed by atoms with van der Waals surface area (Å²) in [4.78, 5) is 2.47. The third-order valence-corrected chi connectivity index (χ3v) is 2.90. The van der Waals surface area contributed by atoms with Gasteiger partial charge in [0.15, 0.2) is 0 Å². The van der Waals surface area contributed by atoms with E-state index in [9.17, 15) is 0 Å². The number of rotatable bonds is 11. The lowest BCUT2D eigenvalue weighted by Crippen LogP contribution is -2.42. The summed E-state index contributed by atoms with van der Waals surface area (Å²) in [6, 6.07) is 0.599.